The lowest BCUT2D eigenvalue weighted by atomic mass is 10.2. The van der Waals surface area contributed by atoms with E-state index in [4.69, 9.17) is 21.8 Å². The van der Waals surface area contributed by atoms with Crippen LogP contribution >= 0.6 is 11.6 Å². The Bertz CT molecular complexity index is 535. The normalized spacial score (nSPS) is 11.7. The van der Waals surface area contributed by atoms with Crippen molar-refractivity contribution >= 4 is 29.2 Å². The molecule has 0 unspecified atom stereocenters. The quantitative estimate of drug-likeness (QED) is 0.387. The first-order valence-corrected chi connectivity index (χ1v) is 5.20. The maximum atomic E-state index is 11.6. The average Bonchev–Trinajstić information content (AvgIpc) is 2.34. The zero-order chi connectivity index (χ0) is 14.6. The number of hydrogen-bond donors (Lipinski definition) is 3. The molecule has 3 N–H and O–H groups in total. The van der Waals surface area contributed by atoms with E-state index in [1.54, 1.807) is 0 Å². The first kappa shape index (κ1) is 14.8. The molecule has 0 aromatic carbocycles. The molecule has 9 nitrogen and oxygen atoms in total. The fourth-order valence-corrected chi connectivity index (χ4v) is 1.38. The smallest absolute Gasteiger partial charge is 0.334 e. The molecule has 1 heterocycles. The topological polar surface area (TPSA) is 143 Å². The van der Waals surface area contributed by atoms with Crippen LogP contribution in [0.5, 0.6) is 0 Å². The second-order valence-corrected chi connectivity index (χ2v) is 3.68. The lowest BCUT2D eigenvalue weighted by molar-refractivity contribution is -0.385. The van der Waals surface area contributed by atoms with Gasteiger partial charge in [0.1, 0.15) is 5.56 Å². The summed E-state index contributed by atoms with van der Waals surface area (Å²) >= 11 is 5.51. The van der Waals surface area contributed by atoms with Gasteiger partial charge in [-0.3, -0.25) is 14.9 Å². The number of rotatable bonds is 5. The molecule has 0 aliphatic heterocycles. The van der Waals surface area contributed by atoms with E-state index in [0.717, 1.165) is 12.3 Å². The van der Waals surface area contributed by atoms with Crippen LogP contribution in [0.15, 0.2) is 12.3 Å². The predicted molar refractivity (Wildman–Crippen MR) is 61.9 cm³/mol. The second-order valence-electron chi connectivity index (χ2n) is 3.32. The van der Waals surface area contributed by atoms with Gasteiger partial charge >= 0.3 is 11.7 Å². The summed E-state index contributed by atoms with van der Waals surface area (Å²) in [4.78, 5) is 35.3. The summed E-state index contributed by atoms with van der Waals surface area (Å²) in [6.45, 7) is -0.592. The third-order valence-electron chi connectivity index (χ3n) is 2.05. The van der Waals surface area contributed by atoms with Crippen LogP contribution in [0.2, 0.25) is 5.15 Å². The van der Waals surface area contributed by atoms with Crippen LogP contribution in [0.1, 0.15) is 10.4 Å². The van der Waals surface area contributed by atoms with Gasteiger partial charge in [-0.15, -0.1) is 0 Å². The Morgan fingerprint density at radius 2 is 2.21 bits per heavy atom. The summed E-state index contributed by atoms with van der Waals surface area (Å²) in [5.41, 5.74) is -1.06. The van der Waals surface area contributed by atoms with E-state index in [-0.39, 0.29) is 5.56 Å². The number of hydrogen-bond acceptors (Lipinski definition) is 6. The van der Waals surface area contributed by atoms with Crippen LogP contribution in [-0.2, 0) is 4.79 Å². The Balaban J connectivity index is 2.92. The van der Waals surface area contributed by atoms with Crippen LogP contribution in [-0.4, -0.2) is 44.6 Å². The average molecular weight is 290 g/mol. The van der Waals surface area contributed by atoms with E-state index >= 15 is 0 Å². The highest BCUT2D eigenvalue weighted by atomic mass is 35.5. The van der Waals surface area contributed by atoms with Crippen molar-refractivity contribution in [3.8, 4) is 0 Å². The Hall–Kier alpha value is -2.26. The molecule has 0 bridgehead atoms. The molecule has 1 aromatic rings. The van der Waals surface area contributed by atoms with Gasteiger partial charge in [-0.25, -0.2) is 9.78 Å². The van der Waals surface area contributed by atoms with Gasteiger partial charge in [-0.2, -0.15) is 0 Å². The largest absolute Gasteiger partial charge is 0.479 e. The van der Waals surface area contributed by atoms with Gasteiger partial charge in [0.25, 0.3) is 5.91 Å². The fourth-order valence-electron chi connectivity index (χ4n) is 1.16. The van der Waals surface area contributed by atoms with Crippen LogP contribution in [0.4, 0.5) is 5.69 Å². The molecule has 1 aromatic heterocycles. The van der Waals surface area contributed by atoms with Crippen LogP contribution < -0.4 is 5.32 Å². The van der Waals surface area contributed by atoms with Crippen molar-refractivity contribution in [3.63, 3.8) is 0 Å². The van der Waals surface area contributed by atoms with Crippen molar-refractivity contribution in [1.29, 1.82) is 0 Å². The summed E-state index contributed by atoms with van der Waals surface area (Å²) < 4.78 is 0. The Labute approximate surface area is 111 Å². The molecule has 0 saturated heterocycles. The fraction of sp³-hybridized carbons (Fsp3) is 0.222. The van der Waals surface area contributed by atoms with Crippen LogP contribution in [0.25, 0.3) is 0 Å². The van der Waals surface area contributed by atoms with Crippen LogP contribution in [0, 0.1) is 10.1 Å². The standard InChI is InChI=1S/C9H8ClN3O6/c10-7-6(13(18)19)4(1-2-11-7)8(15)12-3-5(14)9(16)17/h1-2,5,14H,3H2,(H,12,15)(H,16,17)/t5-/m0/s1. The monoisotopic (exact) mass is 289 g/mol. The lowest BCUT2D eigenvalue weighted by Crippen LogP contribution is -2.36. The van der Waals surface area contributed by atoms with Gasteiger partial charge in [0, 0.05) is 6.20 Å². The van der Waals surface area contributed by atoms with Crippen molar-refractivity contribution in [3.05, 3.63) is 33.1 Å². The lowest BCUT2D eigenvalue weighted by Gasteiger charge is -2.08. The summed E-state index contributed by atoms with van der Waals surface area (Å²) in [6, 6.07) is 1.06. The van der Waals surface area contributed by atoms with E-state index in [1.165, 1.54) is 0 Å². The maximum absolute atomic E-state index is 11.6. The molecule has 0 fully saturated rings. The molecule has 19 heavy (non-hydrogen) atoms. The van der Waals surface area contributed by atoms with Gasteiger partial charge in [-0.1, -0.05) is 11.6 Å². The number of carbonyl (C=O) groups excluding carboxylic acids is 1. The van der Waals surface area contributed by atoms with E-state index in [2.05, 4.69) is 4.98 Å². The van der Waals surface area contributed by atoms with Gasteiger partial charge in [0.05, 0.1) is 11.5 Å². The SMILES string of the molecule is O=C(NC[C@H](O)C(=O)O)c1ccnc(Cl)c1[N+](=O)[O-]. The van der Waals surface area contributed by atoms with Crippen molar-refractivity contribution in [2.75, 3.05) is 6.54 Å². The molecule has 0 saturated carbocycles. The number of nitrogens with zero attached hydrogens (tertiary/aromatic N) is 2. The molecule has 1 amide bonds. The van der Waals surface area contributed by atoms with Crippen molar-refractivity contribution in [2.45, 2.75) is 6.10 Å². The number of halogens is 1. The number of carboxylic acid groups (broad SMARTS) is 1. The van der Waals surface area contributed by atoms with Gasteiger partial charge < -0.3 is 15.5 Å². The summed E-state index contributed by atoms with van der Waals surface area (Å²) in [7, 11) is 0. The predicted octanol–water partition coefficient (Wildman–Crippen LogP) is -0.182. The number of carboxylic acids is 1. The van der Waals surface area contributed by atoms with E-state index < -0.39 is 40.3 Å². The number of aromatic nitrogens is 1. The minimum atomic E-state index is -1.81. The zero-order valence-corrected chi connectivity index (χ0v) is 9.99. The molecular weight excluding hydrogens is 282 g/mol. The Morgan fingerprint density at radius 1 is 1.58 bits per heavy atom. The van der Waals surface area contributed by atoms with E-state index in [0.29, 0.717) is 0 Å². The molecular formula is C9H8ClN3O6. The van der Waals surface area contributed by atoms with Gasteiger partial charge in [0.15, 0.2) is 6.10 Å². The number of pyridine rings is 1. The maximum Gasteiger partial charge on any atom is 0.334 e. The Kier molecular flexibility index (Phi) is 4.73. The summed E-state index contributed by atoms with van der Waals surface area (Å²) in [5, 5.41) is 29.7. The van der Waals surface area contributed by atoms with Crippen molar-refractivity contribution in [2.24, 2.45) is 0 Å². The molecule has 0 aliphatic rings. The van der Waals surface area contributed by atoms with Crippen LogP contribution in [0.3, 0.4) is 0 Å². The number of nitrogens with one attached hydrogen (secondary N) is 1. The molecule has 0 spiro atoms. The third-order valence-corrected chi connectivity index (χ3v) is 2.32. The number of carbonyl (C=O) groups is 2. The van der Waals surface area contributed by atoms with E-state index in [1.807, 2.05) is 5.32 Å². The molecule has 0 aliphatic carbocycles. The minimum absolute atomic E-state index is 0.373. The van der Waals surface area contributed by atoms with Gasteiger partial charge in [-0.05, 0) is 6.07 Å². The number of aliphatic hydroxyl groups excluding tert-OH is 1. The van der Waals surface area contributed by atoms with Crippen molar-refractivity contribution in [1.82, 2.24) is 10.3 Å². The van der Waals surface area contributed by atoms with Crippen molar-refractivity contribution < 1.29 is 24.7 Å². The zero-order valence-electron chi connectivity index (χ0n) is 9.24. The van der Waals surface area contributed by atoms with E-state index in [9.17, 15) is 19.7 Å². The summed E-state index contributed by atoms with van der Waals surface area (Å²) in [6.07, 6.45) is -0.710. The number of amides is 1. The third kappa shape index (κ3) is 3.60. The first-order valence-electron chi connectivity index (χ1n) is 4.82. The molecule has 1 rings (SSSR count). The summed E-state index contributed by atoms with van der Waals surface area (Å²) in [5.74, 6) is -2.46. The number of aliphatic carboxylic acids is 1. The first-order chi connectivity index (χ1) is 8.84. The minimum Gasteiger partial charge on any atom is -0.479 e. The highest BCUT2D eigenvalue weighted by Crippen LogP contribution is 2.25. The highest BCUT2D eigenvalue weighted by Gasteiger charge is 2.25. The number of aliphatic hydroxyl groups is 1. The van der Waals surface area contributed by atoms with Gasteiger partial charge in [0.2, 0.25) is 5.15 Å². The molecule has 10 heteroatoms. The Morgan fingerprint density at radius 3 is 2.74 bits per heavy atom. The molecule has 0 radical (unpaired) electrons. The number of nitro groups is 1. The second kappa shape index (κ2) is 6.07. The molecule has 102 valence electrons. The highest BCUT2D eigenvalue weighted by molar-refractivity contribution is 6.32. The molecule has 1 atom stereocenters.